The molecule has 25 heavy (non-hydrogen) atoms. The molecule has 0 radical (unpaired) electrons. The number of pyridine rings is 1. The number of aromatic nitrogens is 1. The van der Waals surface area contributed by atoms with Crippen molar-refractivity contribution in [3.05, 3.63) is 53.7 Å². The van der Waals surface area contributed by atoms with Gasteiger partial charge >= 0.3 is 5.97 Å². The number of hydrogen-bond donors (Lipinski definition) is 1. The Bertz CT molecular complexity index is 815. The lowest BCUT2D eigenvalue weighted by Gasteiger charge is -2.25. The first-order valence-corrected chi connectivity index (χ1v) is 8.52. The minimum absolute atomic E-state index is 0.323. The fourth-order valence-electron chi connectivity index (χ4n) is 3.37. The van der Waals surface area contributed by atoms with E-state index in [1.54, 1.807) is 24.4 Å². The fraction of sp³-hybridized carbons (Fsp3) is 0.316. The van der Waals surface area contributed by atoms with Crippen molar-refractivity contribution in [2.75, 3.05) is 23.3 Å². The van der Waals surface area contributed by atoms with Gasteiger partial charge in [0.25, 0.3) is 5.91 Å². The van der Waals surface area contributed by atoms with Crippen molar-refractivity contribution in [3.8, 4) is 0 Å². The molecule has 1 amide bonds. The molecule has 3 heterocycles. The van der Waals surface area contributed by atoms with Gasteiger partial charge in [0.2, 0.25) is 0 Å². The predicted molar refractivity (Wildman–Crippen MR) is 93.7 cm³/mol. The summed E-state index contributed by atoms with van der Waals surface area (Å²) in [6.07, 6.45) is 3.53. The summed E-state index contributed by atoms with van der Waals surface area (Å²) in [6.45, 7) is 1.87. The van der Waals surface area contributed by atoms with Crippen molar-refractivity contribution < 1.29 is 14.3 Å². The van der Waals surface area contributed by atoms with Crippen LogP contribution >= 0.6 is 0 Å². The molecule has 0 saturated carbocycles. The SMILES string of the molecule is O=C1O[C@H](C(=O)Nc2cccnc2N2CCCC2)Cc2ccccc21. The third kappa shape index (κ3) is 3.07. The molecule has 1 aromatic carbocycles. The van der Waals surface area contributed by atoms with Crippen LogP contribution < -0.4 is 10.2 Å². The molecule has 1 aromatic heterocycles. The number of rotatable bonds is 3. The molecule has 2 aromatic rings. The number of hydrogen-bond acceptors (Lipinski definition) is 5. The molecule has 2 aliphatic rings. The van der Waals surface area contributed by atoms with Crippen LogP contribution in [0.3, 0.4) is 0 Å². The highest BCUT2D eigenvalue weighted by Gasteiger charge is 2.31. The minimum Gasteiger partial charge on any atom is -0.448 e. The van der Waals surface area contributed by atoms with Gasteiger partial charge in [-0.25, -0.2) is 9.78 Å². The zero-order valence-electron chi connectivity index (χ0n) is 13.8. The molecule has 4 rings (SSSR count). The Morgan fingerprint density at radius 2 is 1.96 bits per heavy atom. The van der Waals surface area contributed by atoms with Gasteiger partial charge in [-0.1, -0.05) is 18.2 Å². The largest absolute Gasteiger partial charge is 0.448 e. The maximum absolute atomic E-state index is 12.7. The first-order valence-electron chi connectivity index (χ1n) is 8.52. The average Bonchev–Trinajstić information content (AvgIpc) is 3.16. The zero-order chi connectivity index (χ0) is 17.2. The van der Waals surface area contributed by atoms with E-state index in [1.165, 1.54) is 0 Å². The van der Waals surface area contributed by atoms with Crippen LogP contribution in [0.4, 0.5) is 11.5 Å². The molecule has 6 heteroatoms. The summed E-state index contributed by atoms with van der Waals surface area (Å²) in [6, 6.07) is 10.8. The maximum atomic E-state index is 12.7. The average molecular weight is 337 g/mol. The predicted octanol–water partition coefficient (Wildman–Crippen LogP) is 2.40. The van der Waals surface area contributed by atoms with Crippen molar-refractivity contribution in [2.24, 2.45) is 0 Å². The second-order valence-corrected chi connectivity index (χ2v) is 6.31. The van der Waals surface area contributed by atoms with Crippen LogP contribution in [0.15, 0.2) is 42.6 Å². The molecule has 6 nitrogen and oxygen atoms in total. The van der Waals surface area contributed by atoms with E-state index in [4.69, 9.17) is 4.74 Å². The molecule has 128 valence electrons. The smallest absolute Gasteiger partial charge is 0.339 e. The van der Waals surface area contributed by atoms with Crippen molar-refractivity contribution in [1.29, 1.82) is 0 Å². The first kappa shape index (κ1) is 15.6. The molecule has 1 saturated heterocycles. The zero-order valence-corrected chi connectivity index (χ0v) is 13.8. The molecule has 2 aliphatic heterocycles. The van der Waals surface area contributed by atoms with Crippen molar-refractivity contribution in [3.63, 3.8) is 0 Å². The van der Waals surface area contributed by atoms with E-state index in [-0.39, 0.29) is 5.91 Å². The Morgan fingerprint density at radius 1 is 1.16 bits per heavy atom. The Balaban J connectivity index is 1.53. The van der Waals surface area contributed by atoms with Crippen LogP contribution in [0.1, 0.15) is 28.8 Å². The number of cyclic esters (lactones) is 1. The summed E-state index contributed by atoms with van der Waals surface area (Å²) in [5.74, 6) is 0.000129. The lowest BCUT2D eigenvalue weighted by atomic mass is 9.98. The van der Waals surface area contributed by atoms with Gasteiger partial charge in [-0.2, -0.15) is 0 Å². The Kier molecular flexibility index (Phi) is 4.09. The summed E-state index contributed by atoms with van der Waals surface area (Å²) >= 11 is 0. The highest BCUT2D eigenvalue weighted by molar-refractivity contribution is 6.01. The standard InChI is InChI=1S/C19H19N3O3/c23-18(16-12-13-6-1-2-7-14(13)19(24)25-16)21-15-8-5-9-20-17(15)22-10-3-4-11-22/h1-2,5-9,16H,3-4,10-12H2,(H,21,23)/t16-/m0/s1. The van der Waals surface area contributed by atoms with Crippen LogP contribution in [0.25, 0.3) is 0 Å². The summed E-state index contributed by atoms with van der Waals surface area (Å²) in [7, 11) is 0. The van der Waals surface area contributed by atoms with Gasteiger partial charge in [-0.3, -0.25) is 4.79 Å². The summed E-state index contributed by atoms with van der Waals surface area (Å²) in [5, 5.41) is 2.89. The van der Waals surface area contributed by atoms with E-state index in [9.17, 15) is 9.59 Å². The van der Waals surface area contributed by atoms with Crippen LogP contribution in [0, 0.1) is 0 Å². The van der Waals surface area contributed by atoms with E-state index in [2.05, 4.69) is 15.2 Å². The van der Waals surface area contributed by atoms with Crippen LogP contribution in [0.2, 0.25) is 0 Å². The number of amides is 1. The van der Waals surface area contributed by atoms with Crippen molar-refractivity contribution in [1.82, 2.24) is 4.98 Å². The minimum atomic E-state index is -0.825. The Labute approximate surface area is 145 Å². The van der Waals surface area contributed by atoms with Gasteiger partial charge in [-0.05, 0) is 36.6 Å². The third-order valence-electron chi connectivity index (χ3n) is 4.63. The fourth-order valence-corrected chi connectivity index (χ4v) is 3.37. The lowest BCUT2D eigenvalue weighted by molar-refractivity contribution is -0.125. The molecule has 0 unspecified atom stereocenters. The monoisotopic (exact) mass is 337 g/mol. The van der Waals surface area contributed by atoms with E-state index < -0.39 is 12.1 Å². The number of fused-ring (bicyclic) bond motifs is 1. The summed E-state index contributed by atoms with van der Waals surface area (Å²) in [5.41, 5.74) is 2.03. The first-order chi connectivity index (χ1) is 12.2. The topological polar surface area (TPSA) is 71.5 Å². The van der Waals surface area contributed by atoms with Crippen LogP contribution in [-0.4, -0.2) is 36.1 Å². The highest BCUT2D eigenvalue weighted by atomic mass is 16.5. The molecule has 0 spiro atoms. The number of nitrogens with one attached hydrogen (secondary N) is 1. The lowest BCUT2D eigenvalue weighted by Crippen LogP contribution is -2.38. The number of ether oxygens (including phenoxy) is 1. The number of carbonyl (C=O) groups excluding carboxylic acids is 2. The molecule has 1 atom stereocenters. The number of nitrogens with zero attached hydrogens (tertiary/aromatic N) is 2. The molecule has 0 bridgehead atoms. The maximum Gasteiger partial charge on any atom is 0.339 e. The normalized spacial score (nSPS) is 19.3. The van der Waals surface area contributed by atoms with E-state index >= 15 is 0 Å². The van der Waals surface area contributed by atoms with Gasteiger partial charge in [0.05, 0.1) is 11.3 Å². The van der Waals surface area contributed by atoms with E-state index in [0.717, 1.165) is 37.3 Å². The Hall–Kier alpha value is -2.89. The van der Waals surface area contributed by atoms with Crippen molar-refractivity contribution in [2.45, 2.75) is 25.4 Å². The highest BCUT2D eigenvalue weighted by Crippen LogP contribution is 2.27. The molecule has 1 fully saturated rings. The third-order valence-corrected chi connectivity index (χ3v) is 4.63. The molecule has 1 N–H and O–H groups in total. The Morgan fingerprint density at radius 3 is 2.80 bits per heavy atom. The van der Waals surface area contributed by atoms with Crippen LogP contribution in [0.5, 0.6) is 0 Å². The quantitative estimate of drug-likeness (QED) is 0.871. The number of anilines is 2. The summed E-state index contributed by atoms with van der Waals surface area (Å²) in [4.78, 5) is 31.3. The molecular formula is C19H19N3O3. The molecule has 0 aliphatic carbocycles. The second-order valence-electron chi connectivity index (χ2n) is 6.31. The van der Waals surface area contributed by atoms with E-state index in [0.29, 0.717) is 17.7 Å². The van der Waals surface area contributed by atoms with Gasteiger partial charge in [0.1, 0.15) is 0 Å². The number of benzene rings is 1. The molecular weight excluding hydrogens is 318 g/mol. The second kappa shape index (κ2) is 6.55. The van der Waals surface area contributed by atoms with E-state index in [1.807, 2.05) is 18.2 Å². The van der Waals surface area contributed by atoms with Crippen LogP contribution in [-0.2, 0) is 16.0 Å². The number of carbonyl (C=O) groups is 2. The van der Waals surface area contributed by atoms with Gasteiger partial charge in [0, 0.05) is 25.7 Å². The van der Waals surface area contributed by atoms with Gasteiger partial charge < -0.3 is 15.0 Å². The summed E-state index contributed by atoms with van der Waals surface area (Å²) < 4.78 is 5.33. The van der Waals surface area contributed by atoms with Crippen molar-refractivity contribution >= 4 is 23.4 Å². The van der Waals surface area contributed by atoms with Gasteiger partial charge in [0.15, 0.2) is 11.9 Å². The van der Waals surface area contributed by atoms with Gasteiger partial charge in [-0.15, -0.1) is 0 Å². The number of esters is 1.